The van der Waals surface area contributed by atoms with Crippen molar-refractivity contribution in [3.63, 3.8) is 0 Å². The number of pyridine rings is 1. The molecule has 0 spiro atoms. The molecular formula is C20H18BrClF3N3O3S2. The van der Waals surface area contributed by atoms with Crippen LogP contribution < -0.4 is 11.1 Å². The van der Waals surface area contributed by atoms with E-state index in [0.717, 1.165) is 43.8 Å². The molecule has 178 valence electrons. The highest BCUT2D eigenvalue weighted by molar-refractivity contribution is 9.10. The lowest BCUT2D eigenvalue weighted by Gasteiger charge is -2.29. The Morgan fingerprint density at radius 3 is 2.76 bits per heavy atom. The van der Waals surface area contributed by atoms with Crippen molar-refractivity contribution in [1.29, 1.82) is 0 Å². The Kier molecular flexibility index (Phi) is 8.40. The minimum atomic E-state index is -5.08. The van der Waals surface area contributed by atoms with Gasteiger partial charge in [0.05, 0.1) is 31.9 Å². The van der Waals surface area contributed by atoms with E-state index in [4.69, 9.17) is 32.0 Å². The van der Waals surface area contributed by atoms with Crippen molar-refractivity contribution in [2.24, 2.45) is 5.73 Å². The van der Waals surface area contributed by atoms with Crippen LogP contribution in [0.1, 0.15) is 22.3 Å². The summed E-state index contributed by atoms with van der Waals surface area (Å²) in [6.07, 6.45) is -4.48. The number of carbonyl (C=O) groups is 1. The average molecular weight is 585 g/mol. The van der Waals surface area contributed by atoms with Crippen LogP contribution >= 0.6 is 50.2 Å². The molecule has 3 aromatic rings. The molecular weight excluding hydrogens is 567 g/mol. The number of thiophene rings is 2. The number of aliphatic carboxylic acids is 1. The van der Waals surface area contributed by atoms with Crippen molar-refractivity contribution in [2.45, 2.75) is 31.3 Å². The molecule has 3 aromatic heterocycles. The SMILES string of the molecule is C=C1CO[C@H](c2sc3c(NCc4cccs4)cc(Cl)nc3c2Br)[C@@H](N)C1.O=C(O)C(F)(F)F. The molecule has 33 heavy (non-hydrogen) atoms. The van der Waals surface area contributed by atoms with Crippen LogP contribution in [0.3, 0.4) is 0 Å². The summed E-state index contributed by atoms with van der Waals surface area (Å²) in [6.45, 7) is 5.27. The summed E-state index contributed by atoms with van der Waals surface area (Å²) in [5.74, 6) is -2.76. The number of fused-ring (bicyclic) bond motifs is 1. The molecule has 1 saturated heterocycles. The number of anilines is 1. The zero-order valence-electron chi connectivity index (χ0n) is 16.8. The zero-order chi connectivity index (χ0) is 24.3. The van der Waals surface area contributed by atoms with Crippen LogP contribution in [0.15, 0.2) is 40.2 Å². The van der Waals surface area contributed by atoms with E-state index in [9.17, 15) is 13.2 Å². The molecule has 1 fully saturated rings. The molecule has 4 N–H and O–H groups in total. The normalized spacial score (nSPS) is 18.7. The molecule has 0 unspecified atom stereocenters. The minimum Gasteiger partial charge on any atom is -0.475 e. The quantitative estimate of drug-likeness (QED) is 0.244. The first-order valence-corrected chi connectivity index (χ1v) is 12.2. The largest absolute Gasteiger partial charge is 0.490 e. The van der Waals surface area contributed by atoms with E-state index in [1.54, 1.807) is 22.7 Å². The molecule has 1 aliphatic heterocycles. The molecule has 4 heterocycles. The molecule has 0 aliphatic carbocycles. The standard InChI is InChI=1S/C18H17BrClN3OS2.C2HF3O2/c1-9-5-11(21)16(24-8-9)18-14(19)15-17(26-18)12(6-13(20)23-15)22-7-10-3-2-4-25-10;3-2(4,5)1(6)7/h2-4,6,11,16H,1,5,7-8,21H2,(H,22,23);(H,6,7)/t11-,16-;/m0./s1. The monoisotopic (exact) mass is 583 g/mol. The summed E-state index contributed by atoms with van der Waals surface area (Å²) in [5, 5.41) is 13.1. The van der Waals surface area contributed by atoms with Crippen LogP contribution in [-0.4, -0.2) is 34.9 Å². The van der Waals surface area contributed by atoms with Gasteiger partial charge in [0.25, 0.3) is 0 Å². The van der Waals surface area contributed by atoms with Gasteiger partial charge in [-0.05, 0) is 33.8 Å². The van der Waals surface area contributed by atoms with E-state index in [0.29, 0.717) is 11.8 Å². The molecule has 2 atom stereocenters. The molecule has 0 aromatic carbocycles. The van der Waals surface area contributed by atoms with E-state index in [1.165, 1.54) is 4.88 Å². The third kappa shape index (κ3) is 6.46. The number of halogens is 5. The van der Waals surface area contributed by atoms with Gasteiger partial charge in [-0.25, -0.2) is 9.78 Å². The summed E-state index contributed by atoms with van der Waals surface area (Å²) in [7, 11) is 0. The summed E-state index contributed by atoms with van der Waals surface area (Å²) in [6, 6.07) is 5.91. The van der Waals surface area contributed by atoms with Gasteiger partial charge in [0.2, 0.25) is 0 Å². The highest BCUT2D eigenvalue weighted by Gasteiger charge is 2.38. The second kappa shape index (κ2) is 10.7. The van der Waals surface area contributed by atoms with Gasteiger partial charge in [0, 0.05) is 23.5 Å². The van der Waals surface area contributed by atoms with Crippen molar-refractivity contribution in [3.05, 3.63) is 55.1 Å². The van der Waals surface area contributed by atoms with Crippen LogP contribution in [0, 0.1) is 0 Å². The van der Waals surface area contributed by atoms with E-state index < -0.39 is 12.1 Å². The Morgan fingerprint density at radius 2 is 2.18 bits per heavy atom. The van der Waals surface area contributed by atoms with Gasteiger partial charge in [-0.15, -0.1) is 22.7 Å². The molecule has 6 nitrogen and oxygen atoms in total. The Balaban J connectivity index is 0.000000383. The number of rotatable bonds is 4. The van der Waals surface area contributed by atoms with Crippen molar-refractivity contribution >= 4 is 72.1 Å². The fourth-order valence-electron chi connectivity index (χ4n) is 3.04. The van der Waals surface area contributed by atoms with Crippen LogP contribution in [0.4, 0.5) is 18.9 Å². The maximum atomic E-state index is 10.6. The van der Waals surface area contributed by atoms with Crippen molar-refractivity contribution in [1.82, 2.24) is 4.98 Å². The first kappa shape index (κ1) is 25.9. The number of aromatic nitrogens is 1. The van der Waals surface area contributed by atoms with Crippen LogP contribution in [0.5, 0.6) is 0 Å². The number of carboxylic acids is 1. The number of nitrogens with one attached hydrogen (secondary N) is 1. The third-order valence-electron chi connectivity index (χ3n) is 4.49. The van der Waals surface area contributed by atoms with E-state index in [1.807, 2.05) is 12.1 Å². The third-order valence-corrected chi connectivity index (χ3v) is 7.90. The topological polar surface area (TPSA) is 97.5 Å². The summed E-state index contributed by atoms with van der Waals surface area (Å²) < 4.78 is 39.7. The van der Waals surface area contributed by atoms with Crippen molar-refractivity contribution < 1.29 is 27.8 Å². The van der Waals surface area contributed by atoms with Gasteiger partial charge < -0.3 is 20.9 Å². The first-order chi connectivity index (χ1) is 15.5. The second-order valence-corrected chi connectivity index (χ2v) is 10.3. The summed E-state index contributed by atoms with van der Waals surface area (Å²) in [4.78, 5) is 15.7. The maximum absolute atomic E-state index is 10.6. The number of hydrogen-bond acceptors (Lipinski definition) is 7. The molecule has 0 amide bonds. The Labute approximate surface area is 208 Å². The Bertz CT molecular complexity index is 1160. The molecule has 1 aliphatic rings. The predicted molar refractivity (Wildman–Crippen MR) is 128 cm³/mol. The van der Waals surface area contributed by atoms with Crippen molar-refractivity contribution in [3.8, 4) is 0 Å². The van der Waals surface area contributed by atoms with Gasteiger partial charge in [-0.3, -0.25) is 0 Å². The minimum absolute atomic E-state index is 0.112. The van der Waals surface area contributed by atoms with Crippen LogP contribution in [0.2, 0.25) is 5.15 Å². The van der Waals surface area contributed by atoms with Gasteiger partial charge >= 0.3 is 12.1 Å². The van der Waals surface area contributed by atoms with Gasteiger partial charge in [-0.1, -0.05) is 29.8 Å². The summed E-state index contributed by atoms with van der Waals surface area (Å²) >= 11 is 13.3. The smallest absolute Gasteiger partial charge is 0.475 e. The lowest BCUT2D eigenvalue weighted by molar-refractivity contribution is -0.192. The highest BCUT2D eigenvalue weighted by atomic mass is 79.9. The second-order valence-electron chi connectivity index (χ2n) is 7.04. The first-order valence-electron chi connectivity index (χ1n) is 9.36. The number of carboxylic acid groups (broad SMARTS) is 1. The highest BCUT2D eigenvalue weighted by Crippen LogP contribution is 2.45. The lowest BCUT2D eigenvalue weighted by Crippen LogP contribution is -2.35. The van der Waals surface area contributed by atoms with Crippen LogP contribution in [-0.2, 0) is 16.1 Å². The molecule has 0 bridgehead atoms. The maximum Gasteiger partial charge on any atom is 0.490 e. The molecule has 13 heteroatoms. The van der Waals surface area contributed by atoms with Crippen molar-refractivity contribution in [2.75, 3.05) is 11.9 Å². The van der Waals surface area contributed by atoms with Gasteiger partial charge in [0.15, 0.2) is 0 Å². The molecule has 4 rings (SSSR count). The van der Waals surface area contributed by atoms with Gasteiger partial charge in [0.1, 0.15) is 11.3 Å². The molecule has 0 saturated carbocycles. The lowest BCUT2D eigenvalue weighted by atomic mass is 9.99. The fourth-order valence-corrected chi connectivity index (χ4v) is 6.01. The van der Waals surface area contributed by atoms with Gasteiger partial charge in [-0.2, -0.15) is 13.2 Å². The predicted octanol–water partition coefficient (Wildman–Crippen LogP) is 6.36. The fraction of sp³-hybridized carbons (Fsp3) is 0.300. The van der Waals surface area contributed by atoms with E-state index in [2.05, 4.69) is 44.3 Å². The van der Waals surface area contributed by atoms with Crippen LogP contribution in [0.25, 0.3) is 10.2 Å². The van der Waals surface area contributed by atoms with E-state index >= 15 is 0 Å². The average Bonchev–Trinajstić information content (AvgIpc) is 3.35. The molecule has 0 radical (unpaired) electrons. The zero-order valence-corrected chi connectivity index (χ0v) is 20.8. The number of hydrogen-bond donors (Lipinski definition) is 3. The number of nitrogens with two attached hydrogens (primary N) is 1. The number of ether oxygens (including phenoxy) is 1. The summed E-state index contributed by atoms with van der Waals surface area (Å²) in [5.41, 5.74) is 9.17. The Morgan fingerprint density at radius 1 is 1.48 bits per heavy atom. The van der Waals surface area contributed by atoms with E-state index in [-0.39, 0.29) is 12.1 Å². The number of alkyl halides is 3. The number of nitrogens with zero attached hydrogens (tertiary/aromatic N) is 1. The Hall–Kier alpha value is -1.70.